The van der Waals surface area contributed by atoms with Gasteiger partial charge in [0.15, 0.2) is 5.16 Å². The Morgan fingerprint density at radius 1 is 1.09 bits per heavy atom. The van der Waals surface area contributed by atoms with Crippen LogP contribution in [0.5, 0.6) is 0 Å². The highest BCUT2D eigenvalue weighted by Gasteiger charge is 2.16. The summed E-state index contributed by atoms with van der Waals surface area (Å²) >= 11 is 14.0. The lowest BCUT2D eigenvalue weighted by atomic mass is 10.1. The molecule has 0 unspecified atom stereocenters. The number of aromatic nitrogens is 3. The molecule has 1 amide bonds. The molecule has 1 N–H and O–H groups in total. The summed E-state index contributed by atoms with van der Waals surface area (Å²) in [6.45, 7) is 1.07. The first-order chi connectivity index (χ1) is 15.6. The number of methoxy groups -OCH3 is 1. The first kappa shape index (κ1) is 24.6. The first-order valence-corrected chi connectivity index (χ1v) is 12.1. The zero-order valence-electron chi connectivity index (χ0n) is 17.9. The number of halogens is 2. The van der Waals surface area contributed by atoms with Crippen molar-refractivity contribution in [1.29, 1.82) is 0 Å². The smallest absolute Gasteiger partial charge is 0.220 e. The molecule has 1 aromatic heterocycles. The molecule has 2 aromatic carbocycles. The molecular formula is C23H26Cl2N4O2S. The maximum absolute atomic E-state index is 11.8. The quantitative estimate of drug-likeness (QED) is 0.278. The number of hydrogen-bond acceptors (Lipinski definition) is 5. The normalized spacial score (nSPS) is 11.0. The lowest BCUT2D eigenvalue weighted by Gasteiger charge is -2.11. The molecule has 0 saturated carbocycles. The molecule has 0 saturated heterocycles. The lowest BCUT2D eigenvalue weighted by Crippen LogP contribution is -2.26. The van der Waals surface area contributed by atoms with Crippen molar-refractivity contribution < 1.29 is 9.53 Å². The van der Waals surface area contributed by atoms with Crippen LogP contribution in [0.2, 0.25) is 10.0 Å². The molecule has 0 aliphatic heterocycles. The van der Waals surface area contributed by atoms with Crippen LogP contribution in [0.15, 0.2) is 53.7 Å². The Kier molecular flexibility index (Phi) is 9.87. The van der Waals surface area contributed by atoms with E-state index in [9.17, 15) is 4.79 Å². The molecule has 0 radical (unpaired) electrons. The molecule has 170 valence electrons. The van der Waals surface area contributed by atoms with Gasteiger partial charge < -0.3 is 10.1 Å². The third-order valence-corrected chi connectivity index (χ3v) is 6.48. The Labute approximate surface area is 202 Å². The van der Waals surface area contributed by atoms with E-state index in [-0.39, 0.29) is 5.91 Å². The van der Waals surface area contributed by atoms with Gasteiger partial charge >= 0.3 is 0 Å². The van der Waals surface area contributed by atoms with Crippen molar-refractivity contribution in [2.45, 2.75) is 30.8 Å². The monoisotopic (exact) mass is 492 g/mol. The summed E-state index contributed by atoms with van der Waals surface area (Å²) < 4.78 is 6.96. The van der Waals surface area contributed by atoms with Crippen LogP contribution in [-0.4, -0.2) is 46.7 Å². The fraction of sp³-hybridized carbons (Fsp3) is 0.348. The highest BCUT2D eigenvalue weighted by molar-refractivity contribution is 7.99. The van der Waals surface area contributed by atoms with Crippen LogP contribution in [0.1, 0.15) is 30.7 Å². The molecule has 1 heterocycles. The van der Waals surface area contributed by atoms with Crippen molar-refractivity contribution in [1.82, 2.24) is 20.1 Å². The average molecular weight is 493 g/mol. The molecule has 0 bridgehead atoms. The lowest BCUT2D eigenvalue weighted by molar-refractivity contribution is -0.121. The van der Waals surface area contributed by atoms with E-state index >= 15 is 0 Å². The summed E-state index contributed by atoms with van der Waals surface area (Å²) in [7, 11) is 1.62. The highest BCUT2D eigenvalue weighted by Crippen LogP contribution is 2.29. The van der Waals surface area contributed by atoms with E-state index in [1.54, 1.807) is 24.9 Å². The minimum atomic E-state index is 0.0520. The number of amides is 1. The molecule has 0 fully saturated rings. The van der Waals surface area contributed by atoms with Crippen molar-refractivity contribution in [3.63, 3.8) is 0 Å². The second kappa shape index (κ2) is 12.8. The van der Waals surface area contributed by atoms with E-state index < -0.39 is 0 Å². The van der Waals surface area contributed by atoms with Gasteiger partial charge in [-0.25, -0.2) is 0 Å². The molecule has 6 nitrogen and oxygen atoms in total. The minimum Gasteiger partial charge on any atom is -0.383 e. The van der Waals surface area contributed by atoms with Gasteiger partial charge in [0.05, 0.1) is 22.3 Å². The van der Waals surface area contributed by atoms with Crippen molar-refractivity contribution in [2.75, 3.05) is 26.0 Å². The number of carbonyl (C=O) groups excluding carboxylic acids is 1. The standard InChI is InChI=1S/C23H26Cl2N4O2S/c1-31-13-12-26-22(30)9-5-6-14-32-23-28-27-21(15-17-7-3-2-4-8-17)29(23)18-10-11-19(24)20(25)16-18/h2-4,7-8,10-11,16H,5-6,9,12-15H2,1H3,(H,26,30). The van der Waals surface area contributed by atoms with Crippen molar-refractivity contribution in [3.05, 3.63) is 70.0 Å². The summed E-state index contributed by atoms with van der Waals surface area (Å²) in [5.74, 6) is 1.71. The third-order valence-electron chi connectivity index (χ3n) is 4.72. The van der Waals surface area contributed by atoms with Crippen LogP contribution in [-0.2, 0) is 16.0 Å². The number of ether oxygens (including phenoxy) is 1. The predicted molar refractivity (Wildman–Crippen MR) is 130 cm³/mol. The van der Waals surface area contributed by atoms with Gasteiger partial charge in [-0.05, 0) is 36.6 Å². The summed E-state index contributed by atoms with van der Waals surface area (Å²) in [4.78, 5) is 11.8. The van der Waals surface area contributed by atoms with Gasteiger partial charge in [0.25, 0.3) is 0 Å². The van der Waals surface area contributed by atoms with Crippen LogP contribution >= 0.6 is 35.0 Å². The van der Waals surface area contributed by atoms with Gasteiger partial charge in [0.1, 0.15) is 5.82 Å². The Morgan fingerprint density at radius 3 is 2.66 bits per heavy atom. The van der Waals surface area contributed by atoms with Crippen molar-refractivity contribution in [3.8, 4) is 5.69 Å². The summed E-state index contributed by atoms with van der Waals surface area (Å²) in [5, 5.41) is 13.5. The number of nitrogens with one attached hydrogen (secondary N) is 1. The van der Waals surface area contributed by atoms with Gasteiger partial charge in [0.2, 0.25) is 5.91 Å². The van der Waals surface area contributed by atoms with E-state index in [1.807, 2.05) is 34.9 Å². The summed E-state index contributed by atoms with van der Waals surface area (Å²) in [6, 6.07) is 15.7. The molecular weight excluding hydrogens is 467 g/mol. The van der Waals surface area contributed by atoms with Gasteiger partial charge in [-0.3, -0.25) is 9.36 Å². The van der Waals surface area contributed by atoms with E-state index in [0.717, 1.165) is 40.8 Å². The Morgan fingerprint density at radius 2 is 1.91 bits per heavy atom. The SMILES string of the molecule is COCCNC(=O)CCCCSc1nnc(Cc2ccccc2)n1-c1ccc(Cl)c(Cl)c1. The zero-order valence-corrected chi connectivity index (χ0v) is 20.2. The second-order valence-corrected chi connectivity index (χ2v) is 9.02. The van der Waals surface area contributed by atoms with Crippen LogP contribution in [0, 0.1) is 0 Å². The average Bonchev–Trinajstić information content (AvgIpc) is 3.18. The number of unbranched alkanes of at least 4 members (excludes halogenated alkanes) is 1. The van der Waals surface area contributed by atoms with Gasteiger partial charge in [-0.2, -0.15) is 0 Å². The number of thioether (sulfide) groups is 1. The zero-order chi connectivity index (χ0) is 22.8. The highest BCUT2D eigenvalue weighted by atomic mass is 35.5. The van der Waals surface area contributed by atoms with E-state index in [0.29, 0.717) is 36.0 Å². The van der Waals surface area contributed by atoms with Gasteiger partial charge in [-0.15, -0.1) is 10.2 Å². The summed E-state index contributed by atoms with van der Waals surface area (Å²) in [5.41, 5.74) is 2.02. The molecule has 0 aliphatic rings. The minimum absolute atomic E-state index is 0.0520. The van der Waals surface area contributed by atoms with Crippen LogP contribution < -0.4 is 5.32 Å². The fourth-order valence-electron chi connectivity index (χ4n) is 3.10. The number of nitrogens with zero attached hydrogens (tertiary/aromatic N) is 3. The van der Waals surface area contributed by atoms with Gasteiger partial charge in [0, 0.05) is 32.2 Å². The number of rotatable bonds is 12. The molecule has 0 atom stereocenters. The van der Waals surface area contributed by atoms with Crippen LogP contribution in [0.4, 0.5) is 0 Å². The maximum atomic E-state index is 11.8. The molecule has 3 aromatic rings. The third kappa shape index (κ3) is 7.24. The van der Waals surface area contributed by atoms with Crippen LogP contribution in [0.3, 0.4) is 0 Å². The topological polar surface area (TPSA) is 69.0 Å². The molecule has 9 heteroatoms. The van der Waals surface area contributed by atoms with Crippen LogP contribution in [0.25, 0.3) is 5.69 Å². The number of hydrogen-bond donors (Lipinski definition) is 1. The Bertz CT molecular complexity index is 1010. The van der Waals surface area contributed by atoms with Gasteiger partial charge in [-0.1, -0.05) is 65.3 Å². The predicted octanol–water partition coefficient (Wildman–Crippen LogP) is 5.19. The molecule has 0 aliphatic carbocycles. The van der Waals surface area contributed by atoms with E-state index in [1.165, 1.54) is 0 Å². The second-order valence-electron chi connectivity index (χ2n) is 7.14. The first-order valence-electron chi connectivity index (χ1n) is 10.4. The Balaban J connectivity index is 1.66. The number of carbonyl (C=O) groups is 1. The molecule has 3 rings (SSSR count). The van der Waals surface area contributed by atoms with E-state index in [2.05, 4.69) is 27.6 Å². The summed E-state index contributed by atoms with van der Waals surface area (Å²) in [6.07, 6.45) is 2.85. The largest absolute Gasteiger partial charge is 0.383 e. The Hall–Kier alpha value is -2.06. The van der Waals surface area contributed by atoms with Crippen molar-refractivity contribution in [2.24, 2.45) is 0 Å². The van der Waals surface area contributed by atoms with Crippen molar-refractivity contribution >= 4 is 40.9 Å². The molecule has 0 spiro atoms. The maximum Gasteiger partial charge on any atom is 0.220 e. The fourth-order valence-corrected chi connectivity index (χ4v) is 4.36. The van der Waals surface area contributed by atoms with E-state index in [4.69, 9.17) is 27.9 Å². The number of benzene rings is 2. The molecule has 32 heavy (non-hydrogen) atoms.